The van der Waals surface area contributed by atoms with Gasteiger partial charge in [0.25, 0.3) is 0 Å². The fourth-order valence-electron chi connectivity index (χ4n) is 3.54. The van der Waals surface area contributed by atoms with Crippen LogP contribution >= 0.6 is 0 Å². The van der Waals surface area contributed by atoms with E-state index in [0.717, 1.165) is 12.5 Å². The molecule has 5 nitrogen and oxygen atoms in total. The Hall–Kier alpha value is -1.36. The molecule has 2 fully saturated rings. The van der Waals surface area contributed by atoms with E-state index in [2.05, 4.69) is 27.1 Å². The average Bonchev–Trinajstić information content (AvgIpc) is 2.79. The van der Waals surface area contributed by atoms with Crippen LogP contribution in [0.3, 0.4) is 0 Å². The van der Waals surface area contributed by atoms with Crippen molar-refractivity contribution in [2.75, 3.05) is 18.1 Å². The largest absolute Gasteiger partial charge is 0.478 e. The van der Waals surface area contributed by atoms with Crippen molar-refractivity contribution in [1.29, 1.82) is 0 Å². The van der Waals surface area contributed by atoms with Crippen molar-refractivity contribution in [2.24, 2.45) is 0 Å². The highest BCUT2D eigenvalue weighted by Gasteiger charge is 2.36. The van der Waals surface area contributed by atoms with Gasteiger partial charge in [-0.25, -0.2) is 4.98 Å². The van der Waals surface area contributed by atoms with E-state index in [1.54, 1.807) is 6.20 Å². The van der Waals surface area contributed by atoms with Crippen molar-refractivity contribution in [1.82, 2.24) is 15.3 Å². The van der Waals surface area contributed by atoms with Crippen molar-refractivity contribution >= 4 is 5.95 Å². The summed E-state index contributed by atoms with van der Waals surface area (Å²) in [6, 6.07) is 3.74. The summed E-state index contributed by atoms with van der Waals surface area (Å²) in [4.78, 5) is 11.3. The highest BCUT2D eigenvalue weighted by molar-refractivity contribution is 5.34. The molecule has 0 radical (unpaired) electrons. The molecule has 0 spiro atoms. The Bertz CT molecular complexity index is 441. The SMILES string of the molecule is CCOc1ccnc(N(CC)C2CC3CCC(C2)N3)n1. The van der Waals surface area contributed by atoms with Crippen LogP contribution in [0.15, 0.2) is 12.3 Å². The molecule has 20 heavy (non-hydrogen) atoms. The molecule has 110 valence electrons. The number of fused-ring (bicyclic) bond motifs is 2. The summed E-state index contributed by atoms with van der Waals surface area (Å²) in [6.07, 6.45) is 6.84. The van der Waals surface area contributed by atoms with E-state index in [9.17, 15) is 0 Å². The fourth-order valence-corrected chi connectivity index (χ4v) is 3.54. The minimum absolute atomic E-state index is 0.552. The van der Waals surface area contributed by atoms with E-state index in [0.29, 0.717) is 30.6 Å². The van der Waals surface area contributed by atoms with Crippen LogP contribution in [0.5, 0.6) is 5.88 Å². The van der Waals surface area contributed by atoms with Crippen molar-refractivity contribution in [3.63, 3.8) is 0 Å². The van der Waals surface area contributed by atoms with Crippen LogP contribution in [0.2, 0.25) is 0 Å². The number of nitrogens with zero attached hydrogens (tertiary/aromatic N) is 3. The van der Waals surface area contributed by atoms with Crippen LogP contribution in [0, 0.1) is 0 Å². The van der Waals surface area contributed by atoms with Gasteiger partial charge in [0, 0.05) is 36.9 Å². The zero-order valence-electron chi connectivity index (χ0n) is 12.4. The van der Waals surface area contributed by atoms with E-state index in [1.165, 1.54) is 25.7 Å². The first-order valence-electron chi connectivity index (χ1n) is 7.78. The number of ether oxygens (including phenoxy) is 1. The van der Waals surface area contributed by atoms with E-state index in [1.807, 2.05) is 13.0 Å². The van der Waals surface area contributed by atoms with Gasteiger partial charge in [-0.3, -0.25) is 0 Å². The number of hydrogen-bond acceptors (Lipinski definition) is 5. The van der Waals surface area contributed by atoms with Crippen molar-refractivity contribution in [3.05, 3.63) is 12.3 Å². The van der Waals surface area contributed by atoms with Crippen molar-refractivity contribution < 1.29 is 4.74 Å². The number of nitrogens with one attached hydrogen (secondary N) is 1. The first-order chi connectivity index (χ1) is 9.80. The normalized spacial score (nSPS) is 28.4. The monoisotopic (exact) mass is 276 g/mol. The van der Waals surface area contributed by atoms with Crippen LogP contribution < -0.4 is 15.0 Å². The summed E-state index contributed by atoms with van der Waals surface area (Å²) in [7, 11) is 0. The minimum atomic E-state index is 0.552. The van der Waals surface area contributed by atoms with Gasteiger partial charge in [0.05, 0.1) is 6.61 Å². The van der Waals surface area contributed by atoms with Gasteiger partial charge in [0.15, 0.2) is 0 Å². The van der Waals surface area contributed by atoms with E-state index in [-0.39, 0.29) is 0 Å². The molecule has 1 aromatic heterocycles. The lowest BCUT2D eigenvalue weighted by Gasteiger charge is -2.37. The second-order valence-corrected chi connectivity index (χ2v) is 5.68. The van der Waals surface area contributed by atoms with Crippen molar-refractivity contribution in [3.8, 4) is 5.88 Å². The number of aromatic nitrogens is 2. The Kier molecular flexibility index (Phi) is 4.05. The molecule has 0 saturated carbocycles. The van der Waals surface area contributed by atoms with Crippen LogP contribution in [0.25, 0.3) is 0 Å². The fraction of sp³-hybridized carbons (Fsp3) is 0.733. The lowest BCUT2D eigenvalue weighted by Crippen LogP contribution is -2.48. The molecule has 3 heterocycles. The molecule has 2 bridgehead atoms. The molecule has 2 saturated heterocycles. The minimum Gasteiger partial charge on any atom is -0.478 e. The van der Waals surface area contributed by atoms with Gasteiger partial charge in [-0.2, -0.15) is 4.98 Å². The Labute approximate surface area is 120 Å². The summed E-state index contributed by atoms with van der Waals surface area (Å²) in [5, 5.41) is 3.69. The van der Waals surface area contributed by atoms with Crippen molar-refractivity contribution in [2.45, 2.75) is 57.7 Å². The zero-order chi connectivity index (χ0) is 13.9. The molecule has 5 heteroatoms. The predicted molar refractivity (Wildman–Crippen MR) is 79.2 cm³/mol. The van der Waals surface area contributed by atoms with Gasteiger partial charge in [0.1, 0.15) is 0 Å². The third kappa shape index (κ3) is 2.73. The lowest BCUT2D eigenvalue weighted by molar-refractivity contribution is 0.323. The molecule has 2 aliphatic rings. The van der Waals surface area contributed by atoms with Gasteiger partial charge < -0.3 is 15.0 Å². The molecule has 2 aliphatic heterocycles. The standard InChI is InChI=1S/C15H24N4O/c1-3-19(13-9-11-5-6-12(10-13)17-11)15-16-8-7-14(18-15)20-4-2/h7-8,11-13,17H,3-6,9-10H2,1-2H3. The van der Waals surface area contributed by atoms with Crippen LogP contribution in [-0.2, 0) is 0 Å². The maximum absolute atomic E-state index is 5.49. The smallest absolute Gasteiger partial charge is 0.228 e. The highest BCUT2D eigenvalue weighted by Crippen LogP contribution is 2.31. The maximum atomic E-state index is 5.49. The van der Waals surface area contributed by atoms with Crippen LogP contribution in [0.1, 0.15) is 39.5 Å². The second kappa shape index (κ2) is 5.95. The quantitative estimate of drug-likeness (QED) is 0.891. The van der Waals surface area contributed by atoms with E-state index in [4.69, 9.17) is 4.74 Å². The third-order valence-electron chi connectivity index (χ3n) is 4.40. The highest BCUT2D eigenvalue weighted by atomic mass is 16.5. The van der Waals surface area contributed by atoms with Gasteiger partial charge >= 0.3 is 0 Å². The van der Waals surface area contributed by atoms with Gasteiger partial charge in [-0.1, -0.05) is 0 Å². The van der Waals surface area contributed by atoms with Crippen LogP contribution in [0.4, 0.5) is 5.95 Å². The topological polar surface area (TPSA) is 50.3 Å². The average molecular weight is 276 g/mol. The molecule has 1 aromatic rings. The Morgan fingerprint density at radius 1 is 1.30 bits per heavy atom. The molecular formula is C15H24N4O. The van der Waals surface area contributed by atoms with E-state index < -0.39 is 0 Å². The third-order valence-corrected chi connectivity index (χ3v) is 4.40. The van der Waals surface area contributed by atoms with Gasteiger partial charge in [-0.05, 0) is 39.5 Å². The Balaban J connectivity index is 1.77. The number of hydrogen-bond donors (Lipinski definition) is 1. The first-order valence-corrected chi connectivity index (χ1v) is 7.78. The molecule has 1 N–H and O–H groups in total. The number of piperidine rings is 1. The first kappa shape index (κ1) is 13.6. The summed E-state index contributed by atoms with van der Waals surface area (Å²) < 4.78 is 5.49. The lowest BCUT2D eigenvalue weighted by atomic mass is 9.98. The predicted octanol–water partition coefficient (Wildman–Crippen LogP) is 1.98. The second-order valence-electron chi connectivity index (χ2n) is 5.68. The Morgan fingerprint density at radius 3 is 2.70 bits per heavy atom. The van der Waals surface area contributed by atoms with E-state index >= 15 is 0 Å². The van der Waals surface area contributed by atoms with Gasteiger partial charge in [0.2, 0.25) is 11.8 Å². The number of anilines is 1. The molecule has 0 amide bonds. The summed E-state index contributed by atoms with van der Waals surface area (Å²) in [5.41, 5.74) is 0. The Morgan fingerprint density at radius 2 is 2.05 bits per heavy atom. The summed E-state index contributed by atoms with van der Waals surface area (Å²) in [5.74, 6) is 1.48. The molecule has 3 rings (SSSR count). The molecular weight excluding hydrogens is 252 g/mol. The summed E-state index contributed by atoms with van der Waals surface area (Å²) >= 11 is 0. The molecule has 2 unspecified atom stereocenters. The maximum Gasteiger partial charge on any atom is 0.228 e. The number of rotatable bonds is 5. The molecule has 0 aliphatic carbocycles. The zero-order valence-corrected chi connectivity index (χ0v) is 12.4. The summed E-state index contributed by atoms with van der Waals surface area (Å²) in [6.45, 7) is 5.74. The van der Waals surface area contributed by atoms with Crippen LogP contribution in [-0.4, -0.2) is 41.2 Å². The van der Waals surface area contributed by atoms with Gasteiger partial charge in [-0.15, -0.1) is 0 Å². The molecule has 2 atom stereocenters. The molecule has 0 aromatic carbocycles.